The molecule has 190 valence electrons. The second-order valence-electron chi connectivity index (χ2n) is 11.8. The van der Waals surface area contributed by atoms with E-state index in [-0.39, 0.29) is 40.7 Å². The summed E-state index contributed by atoms with van der Waals surface area (Å²) in [6.45, 7) is 5.17. The van der Waals surface area contributed by atoms with Gasteiger partial charge in [-0.1, -0.05) is 123 Å². The highest BCUT2D eigenvalue weighted by Crippen LogP contribution is 2.63. The number of fused-ring (bicyclic) bond motifs is 4. The van der Waals surface area contributed by atoms with Crippen LogP contribution < -0.4 is 5.32 Å². The molecule has 0 bridgehead atoms. The highest BCUT2D eigenvalue weighted by atomic mass is 16.2. The molecule has 38 heavy (non-hydrogen) atoms. The number of nitrogens with zero attached hydrogens (tertiary/aromatic N) is 1. The van der Waals surface area contributed by atoms with Gasteiger partial charge in [-0.3, -0.25) is 10.1 Å². The summed E-state index contributed by atoms with van der Waals surface area (Å²) >= 11 is 0. The molecule has 0 spiro atoms. The molecule has 0 saturated carbocycles. The molecule has 1 amide bonds. The van der Waals surface area contributed by atoms with Gasteiger partial charge in [0.15, 0.2) is 0 Å². The number of nitrogens with one attached hydrogen (secondary N) is 1. The fraction of sp³-hybridized carbons (Fsp3) is 0.286. The van der Waals surface area contributed by atoms with Crippen molar-refractivity contribution in [1.82, 2.24) is 10.2 Å². The van der Waals surface area contributed by atoms with Gasteiger partial charge in [-0.05, 0) is 33.4 Å². The maximum absolute atomic E-state index is 13.1. The Morgan fingerprint density at radius 2 is 1.29 bits per heavy atom. The van der Waals surface area contributed by atoms with E-state index in [0.717, 1.165) is 0 Å². The first-order valence-corrected chi connectivity index (χ1v) is 13.7. The third-order valence-corrected chi connectivity index (χ3v) is 9.89. The molecule has 7 rings (SSSR count). The number of allylic oxidation sites excluding steroid dienone is 10. The van der Waals surface area contributed by atoms with Gasteiger partial charge in [0, 0.05) is 35.6 Å². The van der Waals surface area contributed by atoms with Crippen LogP contribution in [-0.2, 0) is 4.79 Å². The smallest absolute Gasteiger partial charge is 0.237 e. The first-order valence-electron chi connectivity index (χ1n) is 13.7. The van der Waals surface area contributed by atoms with Gasteiger partial charge < -0.3 is 4.90 Å². The predicted octanol–water partition coefficient (Wildman–Crippen LogP) is 6.62. The van der Waals surface area contributed by atoms with Gasteiger partial charge in [0.2, 0.25) is 5.91 Å². The molecule has 2 aromatic carbocycles. The quantitative estimate of drug-likeness (QED) is 0.516. The Morgan fingerprint density at radius 1 is 0.789 bits per heavy atom. The van der Waals surface area contributed by atoms with Gasteiger partial charge in [0.25, 0.3) is 0 Å². The molecule has 4 unspecified atom stereocenters. The largest absolute Gasteiger partial charge is 0.329 e. The fourth-order valence-electron chi connectivity index (χ4n) is 7.96. The molecule has 0 radical (unpaired) electrons. The lowest BCUT2D eigenvalue weighted by atomic mass is 9.50. The van der Waals surface area contributed by atoms with Crippen LogP contribution >= 0.6 is 0 Å². The van der Waals surface area contributed by atoms with E-state index in [1.54, 1.807) is 0 Å². The van der Waals surface area contributed by atoms with Gasteiger partial charge in [0.05, 0.1) is 12.7 Å². The van der Waals surface area contributed by atoms with Crippen LogP contribution in [0, 0.1) is 16.7 Å². The highest BCUT2D eigenvalue weighted by molar-refractivity contribution is 5.80. The summed E-state index contributed by atoms with van der Waals surface area (Å²) in [7, 11) is 1.98. The lowest BCUT2D eigenvalue weighted by molar-refractivity contribution is -0.127. The van der Waals surface area contributed by atoms with E-state index in [4.69, 9.17) is 0 Å². The van der Waals surface area contributed by atoms with Crippen molar-refractivity contribution in [3.63, 3.8) is 0 Å². The maximum Gasteiger partial charge on any atom is 0.237 e. The number of carbonyl (C=O) groups excluding carboxylic acids is 1. The van der Waals surface area contributed by atoms with Crippen molar-refractivity contribution in [1.29, 1.82) is 0 Å². The Kier molecular flexibility index (Phi) is 5.18. The van der Waals surface area contributed by atoms with Gasteiger partial charge >= 0.3 is 0 Å². The lowest BCUT2D eigenvalue weighted by Gasteiger charge is -2.55. The molecule has 5 aliphatic rings. The summed E-state index contributed by atoms with van der Waals surface area (Å²) in [5, 5.41) is 3.69. The SMILES string of the molecule is CN1C(=O)CN[C@@H]1C(C1c2ccccc2C=C2C=CC=CC21C)C1c2ccccc2C=C2C=CC=CC21C. The fourth-order valence-corrected chi connectivity index (χ4v) is 7.96. The van der Waals surface area contributed by atoms with E-state index < -0.39 is 0 Å². The summed E-state index contributed by atoms with van der Waals surface area (Å²) in [5.74, 6) is 0.565. The zero-order valence-corrected chi connectivity index (χ0v) is 22.3. The second-order valence-corrected chi connectivity index (χ2v) is 11.8. The Labute approximate surface area is 225 Å². The topological polar surface area (TPSA) is 32.3 Å². The Bertz CT molecular complexity index is 1420. The third-order valence-electron chi connectivity index (χ3n) is 9.89. The molecule has 0 aromatic heterocycles. The molecule has 1 N–H and O–H groups in total. The maximum atomic E-state index is 13.1. The average Bonchev–Trinajstić information content (AvgIpc) is 3.25. The number of likely N-dealkylation sites (N-methyl/N-ethyl adjacent to an activating group) is 1. The zero-order valence-electron chi connectivity index (χ0n) is 22.3. The van der Waals surface area contributed by atoms with E-state index in [0.29, 0.717) is 6.54 Å². The van der Waals surface area contributed by atoms with E-state index in [9.17, 15) is 4.79 Å². The first-order chi connectivity index (χ1) is 18.4. The minimum Gasteiger partial charge on any atom is -0.329 e. The molecule has 3 nitrogen and oxygen atoms in total. The molecular formula is C35H34N2O. The van der Waals surface area contributed by atoms with Crippen LogP contribution in [0.2, 0.25) is 0 Å². The Balaban J connectivity index is 1.53. The Hall–Kier alpha value is -3.69. The van der Waals surface area contributed by atoms with Crippen molar-refractivity contribution < 1.29 is 4.79 Å². The standard InChI is InChI=1S/C35H34N2O/c1-34-18-10-8-14-25(34)20-23-12-4-6-16-27(23)31(34)30(33-36-22-29(38)37(33)3)32-28-17-7-5-13-24(28)21-26-15-9-11-19-35(26,32)2/h4-21,30-33,36H,22H2,1-3H3/t30?,31?,32?,33-,34?,35?/m0/s1. The van der Waals surface area contributed by atoms with Gasteiger partial charge in [0.1, 0.15) is 0 Å². The van der Waals surface area contributed by atoms with Crippen molar-refractivity contribution in [3.8, 4) is 0 Å². The number of hydrogen-bond donors (Lipinski definition) is 1. The van der Waals surface area contributed by atoms with E-state index in [1.807, 2.05) is 11.9 Å². The molecule has 4 aliphatic carbocycles. The molecule has 1 heterocycles. The lowest BCUT2D eigenvalue weighted by Crippen LogP contribution is -2.53. The van der Waals surface area contributed by atoms with Gasteiger partial charge in [-0.25, -0.2) is 0 Å². The van der Waals surface area contributed by atoms with Crippen LogP contribution in [0.15, 0.2) is 108 Å². The highest BCUT2D eigenvalue weighted by Gasteiger charge is 2.56. The average molecular weight is 499 g/mol. The molecule has 3 heteroatoms. The Morgan fingerprint density at radius 3 is 1.76 bits per heavy atom. The van der Waals surface area contributed by atoms with Crippen LogP contribution in [0.4, 0.5) is 0 Å². The summed E-state index contributed by atoms with van der Waals surface area (Å²) in [4.78, 5) is 15.0. The molecule has 5 atom stereocenters. The van der Waals surface area contributed by atoms with E-state index in [1.165, 1.54) is 33.4 Å². The number of benzene rings is 2. The normalized spacial score (nSPS) is 33.2. The van der Waals surface area contributed by atoms with Crippen molar-refractivity contribution in [3.05, 3.63) is 131 Å². The second kappa shape index (κ2) is 8.41. The monoisotopic (exact) mass is 498 g/mol. The summed E-state index contributed by atoms with van der Waals surface area (Å²) in [5.41, 5.74) is 7.56. The summed E-state index contributed by atoms with van der Waals surface area (Å²) in [6, 6.07) is 17.8. The number of hydrogen-bond acceptors (Lipinski definition) is 2. The van der Waals surface area contributed by atoms with Crippen LogP contribution in [0.1, 0.15) is 47.9 Å². The number of carbonyl (C=O) groups is 1. The van der Waals surface area contributed by atoms with Crippen molar-refractivity contribution in [2.24, 2.45) is 16.7 Å². The predicted molar refractivity (Wildman–Crippen MR) is 155 cm³/mol. The minimum absolute atomic E-state index is 0.0930. The van der Waals surface area contributed by atoms with Crippen molar-refractivity contribution in [2.45, 2.75) is 31.8 Å². The third kappa shape index (κ3) is 3.21. The van der Waals surface area contributed by atoms with Crippen molar-refractivity contribution in [2.75, 3.05) is 13.6 Å². The minimum atomic E-state index is -0.206. The van der Waals surface area contributed by atoms with Gasteiger partial charge in [-0.15, -0.1) is 0 Å². The molecule has 1 saturated heterocycles. The molecule has 2 aromatic rings. The summed E-state index contributed by atoms with van der Waals surface area (Å²) in [6.07, 6.45) is 22.7. The molecular weight excluding hydrogens is 464 g/mol. The van der Waals surface area contributed by atoms with E-state index >= 15 is 0 Å². The van der Waals surface area contributed by atoms with Crippen LogP contribution in [0.25, 0.3) is 12.2 Å². The zero-order chi connectivity index (χ0) is 26.1. The number of rotatable bonds is 3. The van der Waals surface area contributed by atoms with Crippen molar-refractivity contribution >= 4 is 18.1 Å². The van der Waals surface area contributed by atoms with Gasteiger partial charge in [-0.2, -0.15) is 0 Å². The van der Waals surface area contributed by atoms with Crippen LogP contribution in [0.5, 0.6) is 0 Å². The summed E-state index contributed by atoms with van der Waals surface area (Å²) < 4.78 is 0. The van der Waals surface area contributed by atoms with Crippen LogP contribution in [0.3, 0.4) is 0 Å². The number of amides is 1. The van der Waals surface area contributed by atoms with E-state index in [2.05, 4.69) is 128 Å². The molecule has 1 aliphatic heterocycles. The van der Waals surface area contributed by atoms with Crippen LogP contribution in [-0.4, -0.2) is 30.6 Å². The first kappa shape index (κ1) is 23.4. The molecule has 1 fully saturated rings.